The molecule has 0 saturated heterocycles. The van der Waals surface area contributed by atoms with E-state index in [2.05, 4.69) is 30.7 Å². The predicted molar refractivity (Wildman–Crippen MR) is 85.0 cm³/mol. The Bertz CT molecular complexity index is 770. The zero-order valence-electron chi connectivity index (χ0n) is 12.6. The number of para-hydroxylation sites is 1. The van der Waals surface area contributed by atoms with Crippen molar-refractivity contribution >= 4 is 22.7 Å². The first-order valence-corrected chi connectivity index (χ1v) is 7.30. The van der Waals surface area contributed by atoms with Crippen LogP contribution in [0.4, 0.5) is 11.8 Å². The summed E-state index contributed by atoms with van der Waals surface area (Å²) in [6, 6.07) is 7.90. The molecule has 0 amide bonds. The zero-order valence-corrected chi connectivity index (χ0v) is 12.6. The van der Waals surface area contributed by atoms with E-state index < -0.39 is 0 Å². The number of anilines is 2. The van der Waals surface area contributed by atoms with Crippen molar-refractivity contribution in [2.45, 2.75) is 19.8 Å². The van der Waals surface area contributed by atoms with Gasteiger partial charge in [0.15, 0.2) is 5.82 Å². The Morgan fingerprint density at radius 3 is 2.77 bits per heavy atom. The maximum Gasteiger partial charge on any atom is 0.228 e. The van der Waals surface area contributed by atoms with E-state index in [1.165, 1.54) is 0 Å². The fourth-order valence-electron chi connectivity index (χ4n) is 2.16. The number of fused-ring (bicyclic) bond motifs is 1. The normalized spacial score (nSPS) is 10.8. The van der Waals surface area contributed by atoms with Gasteiger partial charge in [-0.25, -0.2) is 4.98 Å². The van der Waals surface area contributed by atoms with Crippen LogP contribution in [-0.4, -0.2) is 33.7 Å². The standard InChI is InChI=1S/C15H18N6O/c1-3-12-19-13(22-21-12)8-9-17-15-18-11-7-5-4-6-10(11)14(16-2)20-15/h4-7H,3,8-9H2,1-2H3,(H2,16,17,18,20). The molecule has 0 radical (unpaired) electrons. The largest absolute Gasteiger partial charge is 0.372 e. The van der Waals surface area contributed by atoms with Gasteiger partial charge in [-0.05, 0) is 12.1 Å². The molecule has 0 unspecified atom stereocenters. The Morgan fingerprint density at radius 2 is 2.00 bits per heavy atom. The molecule has 0 aliphatic carbocycles. The number of aromatic nitrogens is 4. The first-order valence-electron chi connectivity index (χ1n) is 7.30. The van der Waals surface area contributed by atoms with Gasteiger partial charge in [0.1, 0.15) is 5.82 Å². The van der Waals surface area contributed by atoms with E-state index in [4.69, 9.17) is 4.52 Å². The van der Waals surface area contributed by atoms with Crippen molar-refractivity contribution in [3.8, 4) is 0 Å². The highest BCUT2D eigenvalue weighted by Crippen LogP contribution is 2.21. The van der Waals surface area contributed by atoms with Crippen LogP contribution >= 0.6 is 0 Å². The van der Waals surface area contributed by atoms with Gasteiger partial charge in [0.25, 0.3) is 0 Å². The smallest absolute Gasteiger partial charge is 0.228 e. The van der Waals surface area contributed by atoms with Gasteiger partial charge >= 0.3 is 0 Å². The first kappa shape index (κ1) is 14.2. The third-order valence-corrected chi connectivity index (χ3v) is 3.29. The van der Waals surface area contributed by atoms with Crippen molar-refractivity contribution in [1.82, 2.24) is 20.1 Å². The van der Waals surface area contributed by atoms with E-state index in [1.807, 2.05) is 38.2 Å². The molecule has 0 fully saturated rings. The lowest BCUT2D eigenvalue weighted by Crippen LogP contribution is -2.09. The Hall–Kier alpha value is -2.70. The van der Waals surface area contributed by atoms with E-state index >= 15 is 0 Å². The van der Waals surface area contributed by atoms with Crippen LogP contribution < -0.4 is 10.6 Å². The highest BCUT2D eigenvalue weighted by Gasteiger charge is 2.07. The Morgan fingerprint density at radius 1 is 1.14 bits per heavy atom. The summed E-state index contributed by atoms with van der Waals surface area (Å²) in [5.74, 6) is 2.74. The molecule has 2 N–H and O–H groups in total. The summed E-state index contributed by atoms with van der Waals surface area (Å²) in [5, 5.41) is 11.2. The average molecular weight is 298 g/mol. The quantitative estimate of drug-likeness (QED) is 0.721. The summed E-state index contributed by atoms with van der Waals surface area (Å²) in [5.41, 5.74) is 0.899. The molecule has 1 aromatic carbocycles. The fourth-order valence-corrected chi connectivity index (χ4v) is 2.16. The maximum absolute atomic E-state index is 5.15. The zero-order chi connectivity index (χ0) is 15.4. The molecule has 3 aromatic rings. The van der Waals surface area contributed by atoms with Gasteiger partial charge in [0, 0.05) is 31.8 Å². The lowest BCUT2D eigenvalue weighted by Gasteiger charge is -2.08. The molecule has 7 nitrogen and oxygen atoms in total. The number of hydrogen-bond donors (Lipinski definition) is 2. The van der Waals surface area contributed by atoms with Crippen LogP contribution in [0.15, 0.2) is 28.8 Å². The van der Waals surface area contributed by atoms with Crippen molar-refractivity contribution in [2.75, 3.05) is 24.2 Å². The first-order chi connectivity index (χ1) is 10.8. The van der Waals surface area contributed by atoms with Crippen LogP contribution in [-0.2, 0) is 12.8 Å². The monoisotopic (exact) mass is 298 g/mol. The molecule has 0 saturated carbocycles. The van der Waals surface area contributed by atoms with E-state index in [9.17, 15) is 0 Å². The number of rotatable bonds is 6. The van der Waals surface area contributed by atoms with E-state index in [0.29, 0.717) is 24.8 Å². The van der Waals surface area contributed by atoms with Crippen LogP contribution in [0.3, 0.4) is 0 Å². The lowest BCUT2D eigenvalue weighted by atomic mass is 10.2. The second kappa shape index (κ2) is 6.38. The predicted octanol–water partition coefficient (Wildman–Crippen LogP) is 2.27. The lowest BCUT2D eigenvalue weighted by molar-refractivity contribution is 0.375. The number of hydrogen-bond acceptors (Lipinski definition) is 7. The van der Waals surface area contributed by atoms with Crippen molar-refractivity contribution in [1.29, 1.82) is 0 Å². The molecule has 3 rings (SSSR count). The molecule has 2 aromatic heterocycles. The Balaban J connectivity index is 1.71. The SMILES string of the molecule is CCc1noc(CCNc2nc(NC)c3ccccc3n2)n1. The minimum Gasteiger partial charge on any atom is -0.372 e. The molecule has 0 aliphatic heterocycles. The molecule has 0 spiro atoms. The van der Waals surface area contributed by atoms with E-state index in [-0.39, 0.29) is 0 Å². The Labute approximate surface area is 128 Å². The molecule has 7 heteroatoms. The topological polar surface area (TPSA) is 88.8 Å². The van der Waals surface area contributed by atoms with Gasteiger partial charge in [0.05, 0.1) is 5.52 Å². The summed E-state index contributed by atoms with van der Waals surface area (Å²) in [6.07, 6.45) is 1.41. The molecule has 114 valence electrons. The van der Waals surface area contributed by atoms with Gasteiger partial charge in [-0.1, -0.05) is 24.2 Å². The average Bonchev–Trinajstić information content (AvgIpc) is 3.02. The highest BCUT2D eigenvalue weighted by molar-refractivity contribution is 5.89. The highest BCUT2D eigenvalue weighted by atomic mass is 16.5. The molecule has 0 aliphatic rings. The number of nitrogens with one attached hydrogen (secondary N) is 2. The van der Waals surface area contributed by atoms with Crippen molar-refractivity contribution in [3.05, 3.63) is 36.0 Å². The van der Waals surface area contributed by atoms with E-state index in [1.54, 1.807) is 0 Å². The molecule has 0 atom stereocenters. The molecule has 0 bridgehead atoms. The molecule has 22 heavy (non-hydrogen) atoms. The second-order valence-electron chi connectivity index (χ2n) is 4.80. The van der Waals surface area contributed by atoms with Gasteiger partial charge in [-0.2, -0.15) is 9.97 Å². The van der Waals surface area contributed by atoms with Gasteiger partial charge in [-0.15, -0.1) is 0 Å². The minimum absolute atomic E-state index is 0.582. The minimum atomic E-state index is 0.582. The number of benzene rings is 1. The van der Waals surface area contributed by atoms with Crippen molar-refractivity contribution in [3.63, 3.8) is 0 Å². The van der Waals surface area contributed by atoms with E-state index in [0.717, 1.165) is 29.0 Å². The fraction of sp³-hybridized carbons (Fsp3) is 0.333. The molecular formula is C15H18N6O. The number of aryl methyl sites for hydroxylation is 1. The third-order valence-electron chi connectivity index (χ3n) is 3.29. The summed E-state index contributed by atoms with van der Waals surface area (Å²) >= 11 is 0. The summed E-state index contributed by atoms with van der Waals surface area (Å²) in [7, 11) is 1.85. The van der Waals surface area contributed by atoms with Crippen LogP contribution in [0.2, 0.25) is 0 Å². The number of nitrogens with zero attached hydrogens (tertiary/aromatic N) is 4. The summed E-state index contributed by atoms with van der Waals surface area (Å²) in [6.45, 7) is 2.63. The second-order valence-corrected chi connectivity index (χ2v) is 4.80. The molecular weight excluding hydrogens is 280 g/mol. The van der Waals surface area contributed by atoms with Crippen LogP contribution in [0.1, 0.15) is 18.6 Å². The van der Waals surface area contributed by atoms with Crippen LogP contribution in [0.25, 0.3) is 10.9 Å². The summed E-state index contributed by atoms with van der Waals surface area (Å²) in [4.78, 5) is 13.3. The van der Waals surface area contributed by atoms with Gasteiger partial charge in [-0.3, -0.25) is 0 Å². The van der Waals surface area contributed by atoms with Crippen LogP contribution in [0.5, 0.6) is 0 Å². The third kappa shape index (κ3) is 2.98. The molecule has 2 heterocycles. The van der Waals surface area contributed by atoms with Gasteiger partial charge in [0.2, 0.25) is 11.8 Å². The summed E-state index contributed by atoms with van der Waals surface area (Å²) < 4.78 is 5.15. The van der Waals surface area contributed by atoms with Crippen LogP contribution in [0, 0.1) is 0 Å². The van der Waals surface area contributed by atoms with Gasteiger partial charge < -0.3 is 15.2 Å². The van der Waals surface area contributed by atoms with Crippen molar-refractivity contribution < 1.29 is 4.52 Å². The van der Waals surface area contributed by atoms with Crippen molar-refractivity contribution in [2.24, 2.45) is 0 Å². The Kier molecular flexibility index (Phi) is 4.13. The maximum atomic E-state index is 5.15.